The summed E-state index contributed by atoms with van der Waals surface area (Å²) in [5.74, 6) is 2.41. The van der Waals surface area contributed by atoms with Crippen LogP contribution in [0.2, 0.25) is 5.02 Å². The zero-order chi connectivity index (χ0) is 50.4. The number of piperidine rings is 1. The van der Waals surface area contributed by atoms with Crippen LogP contribution < -0.4 is 19.9 Å². The number of halogens is 3. The molecule has 6 aliphatic rings. The van der Waals surface area contributed by atoms with E-state index in [1.807, 2.05) is 11.0 Å². The zero-order valence-corrected chi connectivity index (χ0v) is 42.7. The van der Waals surface area contributed by atoms with E-state index >= 15 is 0 Å². The summed E-state index contributed by atoms with van der Waals surface area (Å²) < 4.78 is 39.8. The standard InChI is InChI=1S/C54H63ClF2N12O3/c1-32(70)67-17-13-44-42(29-67)47(68-14-7-8-34-18-40(37-26-61-64(6)28-37)41(46(56)57)20-45(34)68)63-69(44)38-21-54(22-38)30-65(31-54)27-33-11-15-66(16-12-33)51-59-24-36(25-60-51)48(71)62-49-52(2,3)50(53(49,4)5)72-39-10-9-35(23-58)43(55)19-39/h9-10,18-20,24-26,28,33,38,46,49-50H,7-8,11-17,21-22,27,29-31H2,1-6H3,(H,62,71). The van der Waals surface area contributed by atoms with Crippen LogP contribution in [0.3, 0.4) is 0 Å². The number of benzene rings is 2. The summed E-state index contributed by atoms with van der Waals surface area (Å²) in [5.41, 5.74) is 5.51. The number of fused-ring (bicyclic) bond motifs is 2. The number of rotatable bonds is 11. The lowest BCUT2D eigenvalue weighted by Gasteiger charge is -2.63. The van der Waals surface area contributed by atoms with Gasteiger partial charge < -0.3 is 29.7 Å². The van der Waals surface area contributed by atoms with E-state index in [0.29, 0.717) is 64.5 Å². The van der Waals surface area contributed by atoms with Crippen LogP contribution in [0.25, 0.3) is 11.1 Å². The molecule has 2 saturated carbocycles. The summed E-state index contributed by atoms with van der Waals surface area (Å²) in [6, 6.07) is 10.8. The van der Waals surface area contributed by atoms with E-state index in [4.69, 9.17) is 21.4 Å². The molecule has 5 aromatic rings. The molecule has 3 aromatic heterocycles. The predicted octanol–water partition coefficient (Wildman–Crippen LogP) is 8.69. The molecule has 0 radical (unpaired) electrons. The lowest BCUT2D eigenvalue weighted by Crippen LogP contribution is -2.74. The minimum atomic E-state index is -2.66. The molecular weight excluding hydrogens is 938 g/mol. The average Bonchev–Trinajstić information content (AvgIpc) is 3.95. The summed E-state index contributed by atoms with van der Waals surface area (Å²) >= 11 is 6.28. The van der Waals surface area contributed by atoms with Crippen molar-refractivity contribution < 1.29 is 23.1 Å². The minimum absolute atomic E-state index is 0.00894. The van der Waals surface area contributed by atoms with Crippen LogP contribution in [0, 0.1) is 33.5 Å². The third-order valence-corrected chi connectivity index (χ3v) is 17.2. The number of alkyl halides is 2. The highest BCUT2D eigenvalue weighted by molar-refractivity contribution is 6.31. The highest BCUT2D eigenvalue weighted by Crippen LogP contribution is 2.57. The zero-order valence-electron chi connectivity index (χ0n) is 42.0. The van der Waals surface area contributed by atoms with E-state index in [1.165, 1.54) is 5.69 Å². The smallest absolute Gasteiger partial charge is 0.264 e. The largest absolute Gasteiger partial charge is 0.489 e. The van der Waals surface area contributed by atoms with Crippen LogP contribution in [-0.2, 0) is 31.2 Å². The maximum atomic E-state index is 14.8. The van der Waals surface area contributed by atoms with Gasteiger partial charge in [-0.3, -0.25) is 19.0 Å². The fraction of sp³-hybridized carbons (Fsp3) is 0.537. The third kappa shape index (κ3) is 8.45. The second-order valence-corrected chi connectivity index (χ2v) is 23.1. The first-order valence-corrected chi connectivity index (χ1v) is 25.8. The van der Waals surface area contributed by atoms with Gasteiger partial charge in [-0.2, -0.15) is 15.5 Å². The number of hydrogen-bond donors (Lipinski definition) is 1. The molecule has 11 rings (SSSR count). The van der Waals surface area contributed by atoms with Gasteiger partial charge in [0, 0.05) is 136 Å². The lowest BCUT2D eigenvalue weighted by molar-refractivity contribution is -0.164. The van der Waals surface area contributed by atoms with Gasteiger partial charge >= 0.3 is 0 Å². The van der Waals surface area contributed by atoms with Crippen LogP contribution >= 0.6 is 11.6 Å². The minimum Gasteiger partial charge on any atom is -0.489 e. The molecule has 2 aliphatic carbocycles. The van der Waals surface area contributed by atoms with Gasteiger partial charge in [0.05, 0.1) is 34.9 Å². The van der Waals surface area contributed by atoms with Crippen molar-refractivity contribution in [2.45, 2.75) is 111 Å². The number of carbonyl (C=O) groups excluding carboxylic acids is 2. The molecule has 2 saturated heterocycles. The summed E-state index contributed by atoms with van der Waals surface area (Å²) in [6.07, 6.45) is 10.4. The van der Waals surface area contributed by atoms with Crippen LogP contribution in [0.5, 0.6) is 5.75 Å². The van der Waals surface area contributed by atoms with Crippen LogP contribution in [-0.4, -0.2) is 109 Å². The van der Waals surface area contributed by atoms with Crippen molar-refractivity contribution in [2.24, 2.45) is 29.2 Å². The molecule has 4 fully saturated rings. The number of nitriles is 1. The summed E-state index contributed by atoms with van der Waals surface area (Å²) in [5, 5.41) is 22.5. The first kappa shape index (κ1) is 48.2. The van der Waals surface area contributed by atoms with Crippen LogP contribution in [0.4, 0.5) is 26.2 Å². The van der Waals surface area contributed by atoms with Gasteiger partial charge in [0.25, 0.3) is 12.3 Å². The Balaban J connectivity index is 0.684. The molecule has 18 heteroatoms. The van der Waals surface area contributed by atoms with Crippen molar-refractivity contribution in [3.05, 3.63) is 93.7 Å². The Bertz CT molecular complexity index is 2940. The molecule has 0 unspecified atom stereocenters. The Morgan fingerprint density at radius 3 is 2.38 bits per heavy atom. The number of amides is 2. The highest BCUT2D eigenvalue weighted by atomic mass is 35.5. The van der Waals surface area contributed by atoms with Gasteiger partial charge in [0.2, 0.25) is 11.9 Å². The van der Waals surface area contributed by atoms with Crippen molar-refractivity contribution in [3.8, 4) is 22.9 Å². The average molecular weight is 1000 g/mol. The van der Waals surface area contributed by atoms with Crippen molar-refractivity contribution in [2.75, 3.05) is 55.6 Å². The quantitative estimate of drug-likeness (QED) is 0.135. The number of carbonyl (C=O) groups is 2. The van der Waals surface area contributed by atoms with Crippen molar-refractivity contribution >= 4 is 40.9 Å². The van der Waals surface area contributed by atoms with E-state index < -0.39 is 17.3 Å². The Morgan fingerprint density at radius 2 is 1.72 bits per heavy atom. The Labute approximate surface area is 424 Å². The molecule has 7 heterocycles. The fourth-order valence-electron chi connectivity index (χ4n) is 13.6. The highest BCUT2D eigenvalue weighted by Gasteiger charge is 2.64. The summed E-state index contributed by atoms with van der Waals surface area (Å²) in [4.78, 5) is 44.4. The molecule has 15 nitrogen and oxygen atoms in total. The van der Waals surface area contributed by atoms with E-state index in [1.54, 1.807) is 67.7 Å². The molecule has 72 heavy (non-hydrogen) atoms. The van der Waals surface area contributed by atoms with Crippen LogP contribution in [0.15, 0.2) is 55.1 Å². The normalized spacial score (nSPS) is 22.4. The van der Waals surface area contributed by atoms with Gasteiger partial charge in [-0.15, -0.1) is 0 Å². The fourth-order valence-corrected chi connectivity index (χ4v) is 13.8. The number of hydrogen-bond acceptors (Lipinski definition) is 11. The summed E-state index contributed by atoms with van der Waals surface area (Å²) in [7, 11) is 1.79. The SMILES string of the molecule is CC(=O)N1CCc2c(c(N3CCCc4cc(-c5cnn(C)c5)c(C(F)F)cc43)nn2C2CC3(C2)CN(CC2CCN(c4ncc(C(=O)NC5C(C)(C)C(Oc6ccc(C#N)c(Cl)c6)C5(C)C)cn4)CC2)C3)C1. The number of nitrogens with zero attached hydrogens (tertiary/aromatic N) is 11. The number of ether oxygens (including phenoxy) is 1. The van der Waals surface area contributed by atoms with Crippen molar-refractivity contribution in [1.29, 1.82) is 5.26 Å². The Kier molecular flexibility index (Phi) is 12.1. The second-order valence-electron chi connectivity index (χ2n) is 22.6. The number of likely N-dealkylation sites (tertiary alicyclic amines) is 1. The number of aryl methyl sites for hydroxylation is 2. The molecule has 1 spiro atoms. The van der Waals surface area contributed by atoms with Gasteiger partial charge in [-0.1, -0.05) is 39.3 Å². The molecule has 2 aromatic carbocycles. The molecule has 378 valence electrons. The third-order valence-electron chi connectivity index (χ3n) is 16.9. The van der Waals surface area contributed by atoms with Gasteiger partial charge in [-0.25, -0.2) is 18.7 Å². The lowest BCUT2D eigenvalue weighted by atomic mass is 9.49. The number of aromatic nitrogens is 6. The first-order chi connectivity index (χ1) is 34.4. The van der Waals surface area contributed by atoms with Crippen molar-refractivity contribution in [1.82, 2.24) is 44.6 Å². The van der Waals surface area contributed by atoms with E-state index in [9.17, 15) is 23.6 Å². The topological polar surface area (TPSA) is 154 Å². The molecule has 2 amide bonds. The molecule has 0 atom stereocenters. The Morgan fingerprint density at radius 1 is 0.986 bits per heavy atom. The number of anilines is 3. The maximum Gasteiger partial charge on any atom is 0.264 e. The van der Waals surface area contributed by atoms with E-state index in [-0.39, 0.29) is 41.0 Å². The van der Waals surface area contributed by atoms with Gasteiger partial charge in [-0.05, 0) is 85.3 Å². The molecule has 4 aliphatic heterocycles. The first-order valence-electron chi connectivity index (χ1n) is 25.4. The predicted molar refractivity (Wildman–Crippen MR) is 269 cm³/mol. The molecular formula is C54H63ClF2N12O3. The Hall–Kier alpha value is -6.12. The maximum absolute atomic E-state index is 14.8. The second kappa shape index (κ2) is 18.1. The molecule has 1 N–H and O–H groups in total. The van der Waals surface area contributed by atoms with Gasteiger partial charge in [0.15, 0.2) is 5.82 Å². The monoisotopic (exact) mass is 1000 g/mol. The van der Waals surface area contributed by atoms with E-state index in [2.05, 4.69) is 73.5 Å². The molecule has 0 bridgehead atoms. The number of nitrogens with one attached hydrogen (secondary N) is 1. The van der Waals surface area contributed by atoms with Crippen molar-refractivity contribution in [3.63, 3.8) is 0 Å². The summed E-state index contributed by atoms with van der Waals surface area (Å²) in [6.45, 7) is 16.7. The van der Waals surface area contributed by atoms with Gasteiger partial charge in [0.1, 0.15) is 17.9 Å². The van der Waals surface area contributed by atoms with E-state index in [0.717, 1.165) is 100 Å². The van der Waals surface area contributed by atoms with Crippen LogP contribution in [0.1, 0.15) is 117 Å².